The minimum atomic E-state index is 0.0608. The van der Waals surface area contributed by atoms with Crippen molar-refractivity contribution in [3.8, 4) is 0 Å². The Morgan fingerprint density at radius 1 is 1.41 bits per heavy atom. The van der Waals surface area contributed by atoms with Gasteiger partial charge in [0.05, 0.1) is 19.1 Å². The maximum atomic E-state index is 11.7. The SMILES string of the molecule is O=C(CC1CNCCO1)NCC1CCSCC1. The lowest BCUT2D eigenvalue weighted by atomic mass is 10.0. The normalized spacial score (nSPS) is 26.7. The van der Waals surface area contributed by atoms with Gasteiger partial charge < -0.3 is 15.4 Å². The lowest BCUT2D eigenvalue weighted by Crippen LogP contribution is -2.42. The predicted molar refractivity (Wildman–Crippen MR) is 70.3 cm³/mol. The van der Waals surface area contributed by atoms with E-state index in [9.17, 15) is 4.79 Å². The van der Waals surface area contributed by atoms with Crippen molar-refractivity contribution in [3.63, 3.8) is 0 Å². The van der Waals surface area contributed by atoms with Crippen LogP contribution in [0.5, 0.6) is 0 Å². The van der Waals surface area contributed by atoms with Crippen LogP contribution in [-0.4, -0.2) is 49.8 Å². The van der Waals surface area contributed by atoms with E-state index in [0.717, 1.165) is 26.2 Å². The van der Waals surface area contributed by atoms with E-state index < -0.39 is 0 Å². The highest BCUT2D eigenvalue weighted by Crippen LogP contribution is 2.21. The first-order valence-corrected chi connectivity index (χ1v) is 7.67. The summed E-state index contributed by atoms with van der Waals surface area (Å²) in [5.41, 5.74) is 0. The average Bonchev–Trinajstić information content (AvgIpc) is 2.39. The van der Waals surface area contributed by atoms with E-state index in [1.807, 2.05) is 11.8 Å². The highest BCUT2D eigenvalue weighted by molar-refractivity contribution is 7.99. The Bertz CT molecular complexity index is 239. The third kappa shape index (κ3) is 4.85. The molecule has 4 nitrogen and oxygen atoms in total. The third-order valence-corrected chi connectivity index (χ3v) is 4.40. The van der Waals surface area contributed by atoms with Gasteiger partial charge in [0.25, 0.3) is 0 Å². The Balaban J connectivity index is 1.59. The number of amides is 1. The lowest BCUT2D eigenvalue weighted by Gasteiger charge is -2.24. The van der Waals surface area contributed by atoms with Crippen molar-refractivity contribution in [1.82, 2.24) is 10.6 Å². The quantitative estimate of drug-likeness (QED) is 0.776. The second-order valence-corrected chi connectivity index (χ2v) is 5.99. The molecule has 2 aliphatic rings. The van der Waals surface area contributed by atoms with Gasteiger partial charge in [-0.15, -0.1) is 0 Å². The minimum Gasteiger partial charge on any atom is -0.375 e. The summed E-state index contributed by atoms with van der Waals surface area (Å²) in [6.45, 7) is 3.27. The molecule has 98 valence electrons. The number of hydrogen-bond donors (Lipinski definition) is 2. The van der Waals surface area contributed by atoms with Crippen molar-refractivity contribution >= 4 is 17.7 Å². The molecule has 2 saturated heterocycles. The summed E-state index contributed by atoms with van der Waals surface area (Å²) in [7, 11) is 0. The summed E-state index contributed by atoms with van der Waals surface area (Å²) in [5.74, 6) is 3.31. The van der Waals surface area contributed by atoms with E-state index in [2.05, 4.69) is 10.6 Å². The summed E-state index contributed by atoms with van der Waals surface area (Å²) in [6, 6.07) is 0. The molecule has 0 aromatic rings. The second-order valence-electron chi connectivity index (χ2n) is 4.76. The van der Waals surface area contributed by atoms with Gasteiger partial charge in [-0.1, -0.05) is 0 Å². The monoisotopic (exact) mass is 258 g/mol. The van der Waals surface area contributed by atoms with Gasteiger partial charge in [0, 0.05) is 19.6 Å². The molecule has 5 heteroatoms. The molecule has 2 fully saturated rings. The van der Waals surface area contributed by atoms with Gasteiger partial charge in [-0.05, 0) is 30.3 Å². The molecule has 0 saturated carbocycles. The van der Waals surface area contributed by atoms with Crippen molar-refractivity contribution in [2.45, 2.75) is 25.4 Å². The van der Waals surface area contributed by atoms with Crippen LogP contribution in [0.1, 0.15) is 19.3 Å². The fourth-order valence-electron chi connectivity index (χ4n) is 2.24. The smallest absolute Gasteiger partial charge is 0.222 e. The summed E-state index contributed by atoms with van der Waals surface area (Å²) in [4.78, 5) is 11.7. The molecule has 1 amide bonds. The van der Waals surface area contributed by atoms with Crippen LogP contribution in [0.25, 0.3) is 0 Å². The van der Waals surface area contributed by atoms with Crippen LogP contribution < -0.4 is 10.6 Å². The fraction of sp³-hybridized carbons (Fsp3) is 0.917. The van der Waals surface area contributed by atoms with Crippen molar-refractivity contribution in [3.05, 3.63) is 0 Å². The van der Waals surface area contributed by atoms with E-state index in [4.69, 9.17) is 4.74 Å². The Hall–Kier alpha value is -0.260. The van der Waals surface area contributed by atoms with Crippen LogP contribution in [0.2, 0.25) is 0 Å². The van der Waals surface area contributed by atoms with Crippen LogP contribution in [0.15, 0.2) is 0 Å². The largest absolute Gasteiger partial charge is 0.375 e. The highest BCUT2D eigenvalue weighted by Gasteiger charge is 2.19. The van der Waals surface area contributed by atoms with Crippen LogP contribution in [0.4, 0.5) is 0 Å². The number of nitrogens with one attached hydrogen (secondary N) is 2. The zero-order valence-corrected chi connectivity index (χ0v) is 11.1. The molecule has 2 rings (SSSR count). The molecule has 2 N–H and O–H groups in total. The highest BCUT2D eigenvalue weighted by atomic mass is 32.2. The van der Waals surface area contributed by atoms with Gasteiger partial charge in [-0.3, -0.25) is 4.79 Å². The van der Waals surface area contributed by atoms with E-state index in [-0.39, 0.29) is 12.0 Å². The molecule has 0 aromatic carbocycles. The molecule has 2 aliphatic heterocycles. The van der Waals surface area contributed by atoms with Gasteiger partial charge in [0.1, 0.15) is 0 Å². The lowest BCUT2D eigenvalue weighted by molar-refractivity contribution is -0.124. The van der Waals surface area contributed by atoms with E-state index in [0.29, 0.717) is 12.3 Å². The van der Waals surface area contributed by atoms with Crippen molar-refractivity contribution in [2.75, 3.05) is 37.7 Å². The van der Waals surface area contributed by atoms with Crippen molar-refractivity contribution in [1.29, 1.82) is 0 Å². The standard InChI is InChI=1S/C12H22N2O2S/c15-12(7-11-9-13-3-4-16-11)14-8-10-1-5-17-6-2-10/h10-11,13H,1-9H2,(H,14,15). The molecular formula is C12H22N2O2S. The van der Waals surface area contributed by atoms with E-state index in [1.165, 1.54) is 24.3 Å². The molecule has 17 heavy (non-hydrogen) atoms. The molecule has 0 spiro atoms. The third-order valence-electron chi connectivity index (χ3n) is 3.35. The van der Waals surface area contributed by atoms with Crippen LogP contribution in [0.3, 0.4) is 0 Å². The number of ether oxygens (including phenoxy) is 1. The number of thioether (sulfide) groups is 1. The molecule has 0 bridgehead atoms. The Labute approximate surface area is 107 Å². The first-order valence-electron chi connectivity index (χ1n) is 6.51. The maximum Gasteiger partial charge on any atom is 0.222 e. The fourth-order valence-corrected chi connectivity index (χ4v) is 3.44. The van der Waals surface area contributed by atoms with E-state index in [1.54, 1.807) is 0 Å². The molecule has 0 aliphatic carbocycles. The zero-order valence-electron chi connectivity index (χ0n) is 10.2. The molecular weight excluding hydrogens is 236 g/mol. The molecule has 2 heterocycles. The molecule has 0 aromatic heterocycles. The molecule has 1 atom stereocenters. The Morgan fingerprint density at radius 2 is 2.24 bits per heavy atom. The van der Waals surface area contributed by atoms with Gasteiger partial charge in [0.15, 0.2) is 0 Å². The van der Waals surface area contributed by atoms with Gasteiger partial charge >= 0.3 is 0 Å². The summed E-state index contributed by atoms with van der Waals surface area (Å²) >= 11 is 2.02. The first kappa shape index (κ1) is 13.2. The van der Waals surface area contributed by atoms with Crippen molar-refractivity contribution < 1.29 is 9.53 Å². The average molecular weight is 258 g/mol. The van der Waals surface area contributed by atoms with Crippen LogP contribution in [-0.2, 0) is 9.53 Å². The van der Waals surface area contributed by atoms with E-state index >= 15 is 0 Å². The second kappa shape index (κ2) is 7.24. The van der Waals surface area contributed by atoms with Crippen LogP contribution >= 0.6 is 11.8 Å². The maximum absolute atomic E-state index is 11.7. The topological polar surface area (TPSA) is 50.4 Å². The number of morpholine rings is 1. The van der Waals surface area contributed by atoms with Crippen molar-refractivity contribution in [2.24, 2.45) is 5.92 Å². The van der Waals surface area contributed by atoms with Crippen LogP contribution in [0, 0.1) is 5.92 Å². The Kier molecular flexibility index (Phi) is 5.61. The zero-order chi connectivity index (χ0) is 11.9. The number of carbonyl (C=O) groups is 1. The number of hydrogen-bond acceptors (Lipinski definition) is 4. The minimum absolute atomic E-state index is 0.0608. The number of rotatable bonds is 4. The van der Waals surface area contributed by atoms with Gasteiger partial charge in [0.2, 0.25) is 5.91 Å². The van der Waals surface area contributed by atoms with Gasteiger partial charge in [-0.25, -0.2) is 0 Å². The summed E-state index contributed by atoms with van der Waals surface area (Å²) in [5, 5.41) is 6.28. The van der Waals surface area contributed by atoms with Gasteiger partial charge in [-0.2, -0.15) is 11.8 Å². The Morgan fingerprint density at radius 3 is 2.94 bits per heavy atom. The summed E-state index contributed by atoms with van der Waals surface area (Å²) in [6.07, 6.45) is 3.04. The number of carbonyl (C=O) groups excluding carboxylic acids is 1. The first-order chi connectivity index (χ1) is 8.34. The molecule has 0 radical (unpaired) electrons. The molecule has 1 unspecified atom stereocenters. The summed E-state index contributed by atoms with van der Waals surface area (Å²) < 4.78 is 5.51. The predicted octanol–water partition coefficient (Wildman–Crippen LogP) is 0.624.